The molecule has 0 radical (unpaired) electrons. The van der Waals surface area contributed by atoms with Gasteiger partial charge in [-0.2, -0.15) is 0 Å². The normalized spacial score (nSPS) is 11.8. The summed E-state index contributed by atoms with van der Waals surface area (Å²) >= 11 is 0. The number of rotatable bonds is 9. The number of ether oxygens (including phenoxy) is 2. The maximum atomic E-state index is 13.9. The summed E-state index contributed by atoms with van der Waals surface area (Å²) in [6, 6.07) is 20.9. The van der Waals surface area contributed by atoms with Crippen LogP contribution in [0.25, 0.3) is 27.8 Å². The van der Waals surface area contributed by atoms with Crippen molar-refractivity contribution in [1.29, 1.82) is 0 Å². The highest BCUT2D eigenvalue weighted by Gasteiger charge is 2.30. The van der Waals surface area contributed by atoms with Gasteiger partial charge in [0, 0.05) is 29.3 Å². The van der Waals surface area contributed by atoms with Gasteiger partial charge < -0.3 is 19.1 Å². The Morgan fingerprint density at radius 1 is 0.682 bits per heavy atom. The molecule has 0 amide bonds. The summed E-state index contributed by atoms with van der Waals surface area (Å²) in [6.45, 7) is 0. The van der Waals surface area contributed by atoms with E-state index < -0.39 is 31.2 Å². The Labute approximate surface area is 253 Å². The summed E-state index contributed by atoms with van der Waals surface area (Å²) in [6.07, 6.45) is 2.12. The summed E-state index contributed by atoms with van der Waals surface area (Å²) in [5.41, 5.74) is 1.36. The minimum atomic E-state index is -3.53. The van der Waals surface area contributed by atoms with Gasteiger partial charge in [-0.25, -0.2) is 16.8 Å². The molecule has 0 aliphatic carbocycles. The van der Waals surface area contributed by atoms with Gasteiger partial charge in [-0.05, 0) is 72.8 Å². The van der Waals surface area contributed by atoms with Crippen molar-refractivity contribution in [3.8, 4) is 34.2 Å². The molecule has 0 unspecified atom stereocenters. The lowest BCUT2D eigenvalue weighted by Crippen LogP contribution is -2.16. The number of fused-ring (bicyclic) bond motifs is 1. The van der Waals surface area contributed by atoms with Gasteiger partial charge in [0.05, 0.1) is 46.2 Å². The number of aromatic nitrogens is 1. The molecule has 0 spiro atoms. The molecule has 1 aromatic heterocycles. The van der Waals surface area contributed by atoms with Crippen molar-refractivity contribution in [3.05, 3.63) is 96.1 Å². The second kappa shape index (κ2) is 11.3. The molecule has 4 aromatic carbocycles. The van der Waals surface area contributed by atoms with Crippen LogP contribution in [-0.4, -0.2) is 64.8 Å². The third kappa shape index (κ3) is 5.45. The second-order valence-corrected chi connectivity index (χ2v) is 14.1. The van der Waals surface area contributed by atoms with Crippen LogP contribution in [0.1, 0.15) is 20.7 Å². The molecule has 10 nitrogen and oxygen atoms in total. The number of hydrogen-bond acceptors (Lipinski definition) is 9. The van der Waals surface area contributed by atoms with Gasteiger partial charge >= 0.3 is 0 Å². The first-order valence-corrected chi connectivity index (χ1v) is 16.8. The molecule has 0 bridgehead atoms. The lowest BCUT2D eigenvalue weighted by molar-refractivity contribution is 0.0816. The lowest BCUT2D eigenvalue weighted by Gasteiger charge is -2.13. The molecular weight excluding hydrogens is 606 g/mol. The fourth-order valence-corrected chi connectivity index (χ4v) is 6.22. The van der Waals surface area contributed by atoms with E-state index in [2.05, 4.69) is 0 Å². The van der Waals surface area contributed by atoms with Crippen LogP contribution in [0.15, 0.2) is 94.7 Å². The fraction of sp³-hybridized carbons (Fsp3) is 0.125. The SMILES string of the molecule is COc1ccc(-n2c(-c3ccc(S(C)(=O)=O)cc3)c(O)c3c(C(=O)C(=O)c4ccc(S(C)(=O)=O)cc4)c(OC)ccc32)cc1. The number of ketones is 2. The molecular formula is C32H27NO9S2. The standard InChI is InChI=1S/C32H27NO9S2/c1-41-22-11-9-21(10-12-22)33-25-17-18-26(42-2)28(32(36)30(34)20-7-15-24(16-8-20)44(4,39)40)27(25)31(35)29(33)19-5-13-23(14-6-19)43(3,37)38/h5-18,35H,1-4H3. The van der Waals surface area contributed by atoms with Gasteiger partial charge in [0.25, 0.3) is 0 Å². The topological polar surface area (TPSA) is 146 Å². The monoisotopic (exact) mass is 633 g/mol. The van der Waals surface area contributed by atoms with Crippen molar-refractivity contribution in [2.75, 3.05) is 26.7 Å². The quantitative estimate of drug-likeness (QED) is 0.177. The van der Waals surface area contributed by atoms with Crippen LogP contribution < -0.4 is 9.47 Å². The maximum Gasteiger partial charge on any atom is 0.238 e. The second-order valence-electron chi connectivity index (χ2n) is 10.0. The number of Topliss-reactive ketones (excluding diaryl/α,β-unsaturated/α-hetero) is 2. The molecule has 1 heterocycles. The van der Waals surface area contributed by atoms with E-state index >= 15 is 0 Å². The van der Waals surface area contributed by atoms with Gasteiger partial charge in [-0.15, -0.1) is 0 Å². The highest BCUT2D eigenvalue weighted by atomic mass is 32.2. The van der Waals surface area contributed by atoms with Gasteiger partial charge in [0.2, 0.25) is 11.6 Å². The molecule has 0 saturated carbocycles. The molecule has 0 saturated heterocycles. The summed E-state index contributed by atoms with van der Waals surface area (Å²) in [4.78, 5) is 27.4. The number of aromatic hydroxyl groups is 1. The first-order valence-electron chi connectivity index (χ1n) is 13.0. The van der Waals surface area contributed by atoms with E-state index in [-0.39, 0.29) is 43.5 Å². The van der Waals surface area contributed by atoms with Crippen molar-refractivity contribution in [3.63, 3.8) is 0 Å². The Bertz CT molecular complexity index is 2150. The zero-order valence-corrected chi connectivity index (χ0v) is 25.7. The number of sulfone groups is 2. The largest absolute Gasteiger partial charge is 0.505 e. The Balaban J connectivity index is 1.77. The molecule has 1 N–H and O–H groups in total. The maximum absolute atomic E-state index is 13.9. The van der Waals surface area contributed by atoms with E-state index in [9.17, 15) is 31.5 Å². The van der Waals surface area contributed by atoms with Crippen molar-refractivity contribution in [2.24, 2.45) is 0 Å². The summed E-state index contributed by atoms with van der Waals surface area (Å²) in [5.74, 6) is -1.65. The molecule has 44 heavy (non-hydrogen) atoms. The van der Waals surface area contributed by atoms with Crippen LogP contribution in [0.4, 0.5) is 0 Å². The molecule has 5 rings (SSSR count). The van der Waals surface area contributed by atoms with Crippen LogP contribution in [0.2, 0.25) is 0 Å². The van der Waals surface area contributed by atoms with Gasteiger partial charge in [0.15, 0.2) is 19.7 Å². The Kier molecular flexibility index (Phi) is 7.83. The van der Waals surface area contributed by atoms with Crippen molar-refractivity contribution in [1.82, 2.24) is 4.57 Å². The Hall–Kier alpha value is -4.94. The van der Waals surface area contributed by atoms with E-state index in [1.54, 1.807) is 34.9 Å². The fourth-order valence-electron chi connectivity index (χ4n) is 4.96. The average molecular weight is 634 g/mol. The predicted molar refractivity (Wildman–Crippen MR) is 165 cm³/mol. The Morgan fingerprint density at radius 3 is 1.73 bits per heavy atom. The van der Waals surface area contributed by atoms with Crippen LogP contribution in [0.3, 0.4) is 0 Å². The number of hydrogen-bond donors (Lipinski definition) is 1. The highest BCUT2D eigenvalue weighted by molar-refractivity contribution is 7.91. The summed E-state index contributed by atoms with van der Waals surface area (Å²) < 4.78 is 60.4. The van der Waals surface area contributed by atoms with Crippen molar-refractivity contribution in [2.45, 2.75) is 9.79 Å². The third-order valence-corrected chi connectivity index (χ3v) is 9.41. The van der Waals surface area contributed by atoms with Gasteiger partial charge in [-0.3, -0.25) is 9.59 Å². The number of carbonyl (C=O) groups excluding carboxylic acids is 2. The van der Waals surface area contributed by atoms with Crippen LogP contribution in [0, 0.1) is 0 Å². The number of methoxy groups -OCH3 is 2. The first kappa shape index (κ1) is 30.5. The summed E-state index contributed by atoms with van der Waals surface area (Å²) in [5, 5.41) is 11.8. The third-order valence-electron chi connectivity index (χ3n) is 7.16. The van der Waals surface area contributed by atoms with Crippen molar-refractivity contribution >= 4 is 42.1 Å². The molecule has 0 fully saturated rings. The Morgan fingerprint density at radius 2 is 1.23 bits per heavy atom. The molecule has 0 aliphatic rings. The number of carbonyl (C=O) groups is 2. The predicted octanol–water partition coefficient (Wildman–Crippen LogP) is 4.89. The number of nitrogens with zero attached hydrogens (tertiary/aromatic N) is 1. The lowest BCUT2D eigenvalue weighted by atomic mass is 9.97. The molecule has 226 valence electrons. The molecule has 12 heteroatoms. The van der Waals surface area contributed by atoms with Crippen molar-refractivity contribution < 1.29 is 41.0 Å². The van der Waals surface area contributed by atoms with Crippen LogP contribution in [-0.2, 0) is 19.7 Å². The number of benzene rings is 4. The van der Waals surface area contributed by atoms with Crippen LogP contribution >= 0.6 is 0 Å². The van der Waals surface area contributed by atoms with E-state index in [1.165, 1.54) is 68.8 Å². The average Bonchev–Trinajstić information content (AvgIpc) is 3.31. The molecule has 5 aromatic rings. The van der Waals surface area contributed by atoms with Gasteiger partial charge in [0.1, 0.15) is 17.2 Å². The van der Waals surface area contributed by atoms with E-state index in [0.29, 0.717) is 22.5 Å². The zero-order valence-electron chi connectivity index (χ0n) is 24.1. The van der Waals surface area contributed by atoms with E-state index in [0.717, 1.165) is 12.5 Å². The van der Waals surface area contributed by atoms with Crippen LogP contribution in [0.5, 0.6) is 17.2 Å². The highest BCUT2D eigenvalue weighted by Crippen LogP contribution is 2.45. The molecule has 0 aliphatic heterocycles. The minimum absolute atomic E-state index is 0.0121. The summed E-state index contributed by atoms with van der Waals surface area (Å²) in [7, 11) is -4.17. The zero-order chi connectivity index (χ0) is 32.0. The first-order chi connectivity index (χ1) is 20.8. The smallest absolute Gasteiger partial charge is 0.238 e. The molecule has 0 atom stereocenters. The minimum Gasteiger partial charge on any atom is -0.505 e. The van der Waals surface area contributed by atoms with E-state index in [4.69, 9.17) is 9.47 Å². The van der Waals surface area contributed by atoms with Gasteiger partial charge in [-0.1, -0.05) is 12.1 Å². The van der Waals surface area contributed by atoms with E-state index in [1.807, 2.05) is 0 Å².